The molecule has 3 aromatic heterocycles. The lowest BCUT2D eigenvalue weighted by Gasteiger charge is -2.40. The second-order valence-electron chi connectivity index (χ2n) is 5.20. The summed E-state index contributed by atoms with van der Waals surface area (Å²) in [4.78, 5) is 10.5. The van der Waals surface area contributed by atoms with Crippen LogP contribution in [0.5, 0.6) is 0 Å². The first-order chi connectivity index (χ1) is 10.8. The molecule has 1 aliphatic heterocycles. The maximum atomic E-state index is 5.76. The molecule has 8 nitrogen and oxygen atoms in total. The number of nitrogens with one attached hydrogen (secondary N) is 1. The van der Waals surface area contributed by atoms with Gasteiger partial charge in [0.25, 0.3) is 0 Å². The monoisotopic (exact) mass is 316 g/mol. The van der Waals surface area contributed by atoms with Crippen LogP contribution in [0.3, 0.4) is 0 Å². The van der Waals surface area contributed by atoms with E-state index >= 15 is 0 Å². The summed E-state index contributed by atoms with van der Waals surface area (Å²) in [7, 11) is 0. The molecule has 1 fully saturated rings. The van der Waals surface area contributed by atoms with E-state index < -0.39 is 0 Å². The second kappa shape index (κ2) is 5.38. The zero-order valence-corrected chi connectivity index (χ0v) is 12.3. The SMILES string of the molecule is Clc1cnc(NCC2CN(c3ccc4nncn4n3)C2)nc1. The van der Waals surface area contributed by atoms with Gasteiger partial charge in [0.15, 0.2) is 5.65 Å². The molecule has 22 heavy (non-hydrogen) atoms. The average molecular weight is 317 g/mol. The smallest absolute Gasteiger partial charge is 0.222 e. The van der Waals surface area contributed by atoms with Crippen LogP contribution in [0.15, 0.2) is 30.9 Å². The number of halogens is 1. The van der Waals surface area contributed by atoms with Crippen molar-refractivity contribution in [2.24, 2.45) is 5.92 Å². The van der Waals surface area contributed by atoms with Gasteiger partial charge in [-0.3, -0.25) is 0 Å². The molecule has 0 unspecified atom stereocenters. The zero-order valence-electron chi connectivity index (χ0n) is 11.6. The molecule has 0 aromatic carbocycles. The standard InChI is InChI=1S/C13H13ClN8/c14-10-4-16-13(17-5-10)15-3-9-6-21(7-9)12-2-1-11-19-18-8-22(11)20-12/h1-2,4-5,8-9H,3,6-7H2,(H,15,16,17). The Hall–Kier alpha value is -2.48. The van der Waals surface area contributed by atoms with Gasteiger partial charge in [0.1, 0.15) is 12.1 Å². The van der Waals surface area contributed by atoms with Crippen molar-refractivity contribution in [1.29, 1.82) is 0 Å². The van der Waals surface area contributed by atoms with E-state index in [2.05, 4.69) is 35.5 Å². The van der Waals surface area contributed by atoms with E-state index in [1.54, 1.807) is 23.2 Å². The molecule has 1 aliphatic rings. The predicted molar refractivity (Wildman–Crippen MR) is 82.0 cm³/mol. The highest BCUT2D eigenvalue weighted by atomic mass is 35.5. The molecule has 9 heteroatoms. The summed E-state index contributed by atoms with van der Waals surface area (Å²) in [6.45, 7) is 2.72. The minimum absolute atomic E-state index is 0.538. The van der Waals surface area contributed by atoms with Crippen LogP contribution in [0.25, 0.3) is 5.65 Å². The highest BCUT2D eigenvalue weighted by molar-refractivity contribution is 6.30. The number of aromatic nitrogens is 6. The summed E-state index contributed by atoms with van der Waals surface area (Å²) in [5.41, 5.74) is 0.752. The van der Waals surface area contributed by atoms with E-state index in [4.69, 9.17) is 11.6 Å². The third-order valence-electron chi connectivity index (χ3n) is 3.60. The number of nitrogens with zero attached hydrogens (tertiary/aromatic N) is 7. The molecule has 0 amide bonds. The molecule has 0 saturated carbocycles. The third kappa shape index (κ3) is 2.52. The number of hydrogen-bond acceptors (Lipinski definition) is 7. The fourth-order valence-electron chi connectivity index (χ4n) is 2.41. The van der Waals surface area contributed by atoms with E-state index in [-0.39, 0.29) is 0 Å². The molecule has 0 atom stereocenters. The zero-order chi connectivity index (χ0) is 14.9. The fourth-order valence-corrected chi connectivity index (χ4v) is 2.51. The predicted octanol–water partition coefficient (Wildman–Crippen LogP) is 1.12. The largest absolute Gasteiger partial charge is 0.354 e. The van der Waals surface area contributed by atoms with Crippen LogP contribution < -0.4 is 10.2 Å². The Balaban J connectivity index is 1.32. The summed E-state index contributed by atoms with van der Waals surface area (Å²) in [6, 6.07) is 3.89. The molecule has 0 aliphatic carbocycles. The summed E-state index contributed by atoms with van der Waals surface area (Å²) in [5, 5.41) is 16.0. The van der Waals surface area contributed by atoms with Crippen molar-refractivity contribution in [2.45, 2.75) is 0 Å². The van der Waals surface area contributed by atoms with Crippen LogP contribution in [0, 0.1) is 5.92 Å². The van der Waals surface area contributed by atoms with Crippen molar-refractivity contribution in [1.82, 2.24) is 29.8 Å². The molecule has 0 radical (unpaired) electrons. The van der Waals surface area contributed by atoms with Gasteiger partial charge < -0.3 is 10.2 Å². The highest BCUT2D eigenvalue weighted by Crippen LogP contribution is 2.22. The van der Waals surface area contributed by atoms with Gasteiger partial charge in [0, 0.05) is 25.6 Å². The van der Waals surface area contributed by atoms with Gasteiger partial charge in [-0.05, 0) is 12.1 Å². The Labute approximate surface area is 131 Å². The Morgan fingerprint density at radius 1 is 1.23 bits per heavy atom. The summed E-state index contributed by atoms with van der Waals surface area (Å²) in [5.74, 6) is 2.08. The Morgan fingerprint density at radius 3 is 2.86 bits per heavy atom. The normalized spacial score (nSPS) is 15.0. The van der Waals surface area contributed by atoms with Gasteiger partial charge in [0.2, 0.25) is 5.95 Å². The van der Waals surface area contributed by atoms with Gasteiger partial charge >= 0.3 is 0 Å². The lowest BCUT2D eigenvalue weighted by atomic mass is 10.0. The highest BCUT2D eigenvalue weighted by Gasteiger charge is 2.28. The van der Waals surface area contributed by atoms with Crippen molar-refractivity contribution >= 4 is 29.0 Å². The quantitative estimate of drug-likeness (QED) is 0.772. The Kier molecular flexibility index (Phi) is 3.23. The maximum absolute atomic E-state index is 5.76. The van der Waals surface area contributed by atoms with Crippen LogP contribution in [0.1, 0.15) is 0 Å². The number of rotatable bonds is 4. The summed E-state index contributed by atoms with van der Waals surface area (Å²) in [6.07, 6.45) is 4.78. The molecule has 0 bridgehead atoms. The van der Waals surface area contributed by atoms with Crippen molar-refractivity contribution in [2.75, 3.05) is 29.9 Å². The number of hydrogen-bond donors (Lipinski definition) is 1. The first kappa shape index (κ1) is 13.2. The lowest BCUT2D eigenvalue weighted by molar-refractivity contribution is 0.424. The van der Waals surface area contributed by atoms with Crippen LogP contribution in [0.4, 0.5) is 11.8 Å². The van der Waals surface area contributed by atoms with Gasteiger partial charge in [0.05, 0.1) is 17.4 Å². The van der Waals surface area contributed by atoms with Gasteiger partial charge in [-0.25, -0.2) is 9.97 Å². The molecular weight excluding hydrogens is 304 g/mol. The summed E-state index contributed by atoms with van der Waals surface area (Å²) < 4.78 is 1.68. The fraction of sp³-hybridized carbons (Fsp3) is 0.308. The second-order valence-corrected chi connectivity index (χ2v) is 5.64. The maximum Gasteiger partial charge on any atom is 0.222 e. The summed E-state index contributed by atoms with van der Waals surface area (Å²) >= 11 is 5.76. The third-order valence-corrected chi connectivity index (χ3v) is 3.79. The molecule has 3 aromatic rings. The van der Waals surface area contributed by atoms with Crippen LogP contribution in [0.2, 0.25) is 5.02 Å². The van der Waals surface area contributed by atoms with Crippen LogP contribution in [-0.2, 0) is 0 Å². The average Bonchev–Trinajstić information content (AvgIpc) is 2.95. The number of fused-ring (bicyclic) bond motifs is 1. The van der Waals surface area contributed by atoms with E-state index in [9.17, 15) is 0 Å². The van der Waals surface area contributed by atoms with Crippen LogP contribution in [-0.4, -0.2) is 49.4 Å². The van der Waals surface area contributed by atoms with Crippen molar-refractivity contribution in [3.05, 3.63) is 35.9 Å². The molecule has 4 heterocycles. The van der Waals surface area contributed by atoms with E-state index in [0.717, 1.165) is 31.1 Å². The molecule has 1 N–H and O–H groups in total. The van der Waals surface area contributed by atoms with Gasteiger partial charge in [-0.15, -0.1) is 15.3 Å². The molecule has 112 valence electrons. The van der Waals surface area contributed by atoms with Gasteiger partial charge in [-0.1, -0.05) is 11.6 Å². The first-order valence-corrected chi connectivity index (χ1v) is 7.29. The minimum atomic E-state index is 0.538. The van der Waals surface area contributed by atoms with E-state index in [0.29, 0.717) is 16.9 Å². The molecule has 1 saturated heterocycles. The van der Waals surface area contributed by atoms with Crippen molar-refractivity contribution < 1.29 is 0 Å². The minimum Gasteiger partial charge on any atom is -0.354 e. The lowest BCUT2D eigenvalue weighted by Crippen LogP contribution is -2.50. The number of anilines is 2. The van der Waals surface area contributed by atoms with Crippen molar-refractivity contribution in [3.63, 3.8) is 0 Å². The molecular formula is C13H13ClN8. The van der Waals surface area contributed by atoms with Crippen LogP contribution >= 0.6 is 11.6 Å². The van der Waals surface area contributed by atoms with Gasteiger partial charge in [-0.2, -0.15) is 4.52 Å². The molecule has 0 spiro atoms. The topological polar surface area (TPSA) is 84.1 Å². The van der Waals surface area contributed by atoms with Crippen molar-refractivity contribution in [3.8, 4) is 0 Å². The van der Waals surface area contributed by atoms with E-state index in [1.807, 2.05) is 12.1 Å². The van der Waals surface area contributed by atoms with E-state index in [1.165, 1.54) is 0 Å². The Morgan fingerprint density at radius 2 is 2.05 bits per heavy atom. The Bertz CT molecular complexity index is 780. The first-order valence-electron chi connectivity index (χ1n) is 6.91. The molecule has 4 rings (SSSR count).